The van der Waals surface area contributed by atoms with Crippen LogP contribution in [0.1, 0.15) is 11.1 Å². The lowest BCUT2D eigenvalue weighted by Crippen LogP contribution is -2.32. The molecule has 0 aromatic heterocycles. The van der Waals surface area contributed by atoms with Crippen molar-refractivity contribution in [2.45, 2.75) is 13.8 Å². The first-order valence-corrected chi connectivity index (χ1v) is 6.52. The summed E-state index contributed by atoms with van der Waals surface area (Å²) in [6.45, 7) is 4.92. The van der Waals surface area contributed by atoms with Crippen LogP contribution in [0, 0.1) is 13.8 Å². The molecule has 2 amide bonds. The number of nitrogens with one attached hydrogen (secondary N) is 1. The lowest BCUT2D eigenvalue weighted by atomic mass is 10.1. The van der Waals surface area contributed by atoms with E-state index in [2.05, 4.69) is 11.4 Å². The number of anilines is 1. The molecule has 1 aliphatic heterocycles. The van der Waals surface area contributed by atoms with Crippen LogP contribution in [0.3, 0.4) is 0 Å². The summed E-state index contributed by atoms with van der Waals surface area (Å²) in [7, 11) is 0. The van der Waals surface area contributed by atoms with Crippen molar-refractivity contribution >= 4 is 23.5 Å². The molecule has 1 aromatic carbocycles. The molecule has 0 aliphatic carbocycles. The summed E-state index contributed by atoms with van der Waals surface area (Å²) < 4.78 is 0. The van der Waals surface area contributed by atoms with Crippen molar-refractivity contribution in [1.82, 2.24) is 4.90 Å². The summed E-state index contributed by atoms with van der Waals surface area (Å²) in [5, 5.41) is 2.94. The number of amides is 2. The molecule has 0 radical (unpaired) electrons. The van der Waals surface area contributed by atoms with Crippen molar-refractivity contribution in [3.8, 4) is 0 Å². The summed E-state index contributed by atoms with van der Waals surface area (Å²) in [4.78, 5) is 13.7. The number of aryl methyl sites for hydroxylation is 2. The summed E-state index contributed by atoms with van der Waals surface area (Å²) >= 11 is 1.79. The van der Waals surface area contributed by atoms with Crippen LogP contribution in [-0.2, 0) is 0 Å². The van der Waals surface area contributed by atoms with Gasteiger partial charge in [-0.05, 0) is 37.1 Å². The van der Waals surface area contributed by atoms with E-state index in [9.17, 15) is 4.79 Å². The van der Waals surface area contributed by atoms with Crippen LogP contribution in [-0.4, -0.2) is 29.1 Å². The van der Waals surface area contributed by atoms with Crippen LogP contribution in [0.15, 0.2) is 18.2 Å². The minimum Gasteiger partial charge on any atom is -0.314 e. The molecule has 1 heterocycles. The van der Waals surface area contributed by atoms with Crippen LogP contribution < -0.4 is 5.32 Å². The van der Waals surface area contributed by atoms with Crippen LogP contribution in [0.25, 0.3) is 0 Å². The molecule has 2 rings (SSSR count). The highest BCUT2D eigenvalue weighted by Gasteiger charge is 2.18. The summed E-state index contributed by atoms with van der Waals surface area (Å²) in [5.41, 5.74) is 3.23. The maximum atomic E-state index is 11.8. The summed E-state index contributed by atoms with van der Waals surface area (Å²) in [6, 6.07) is 6.10. The van der Waals surface area contributed by atoms with Gasteiger partial charge in [-0.15, -0.1) is 11.8 Å². The molecule has 86 valence electrons. The number of hydrogen-bond donors (Lipinski definition) is 1. The second-order valence-corrected chi connectivity index (χ2v) is 5.18. The third-order valence-corrected chi connectivity index (χ3v) is 3.48. The molecule has 1 N–H and O–H groups in total. The Bertz CT molecular complexity index is 380. The molecule has 1 saturated heterocycles. The number of nitrogens with zero attached hydrogens (tertiary/aromatic N) is 1. The van der Waals surface area contributed by atoms with Crippen molar-refractivity contribution in [2.24, 2.45) is 0 Å². The molecule has 0 unspecified atom stereocenters. The van der Waals surface area contributed by atoms with Crippen LogP contribution in [0.5, 0.6) is 0 Å². The first-order chi connectivity index (χ1) is 7.65. The monoisotopic (exact) mass is 236 g/mol. The van der Waals surface area contributed by atoms with Gasteiger partial charge in [0.2, 0.25) is 0 Å². The first-order valence-electron chi connectivity index (χ1n) is 5.37. The Labute approximate surface area is 100 Å². The Kier molecular flexibility index (Phi) is 3.39. The minimum atomic E-state index is 0.00926. The number of carbonyl (C=O) groups excluding carboxylic acids is 1. The number of hydrogen-bond acceptors (Lipinski definition) is 2. The van der Waals surface area contributed by atoms with Crippen molar-refractivity contribution < 1.29 is 4.79 Å². The molecule has 0 saturated carbocycles. The summed E-state index contributed by atoms with van der Waals surface area (Å²) in [6.07, 6.45) is 0. The summed E-state index contributed by atoms with van der Waals surface area (Å²) in [5.74, 6) is 1.84. The molecular weight excluding hydrogens is 220 g/mol. The zero-order chi connectivity index (χ0) is 11.5. The van der Waals surface area contributed by atoms with Crippen molar-refractivity contribution in [1.29, 1.82) is 0 Å². The molecule has 0 bridgehead atoms. The SMILES string of the molecule is Cc1cc(C)cc(NC(=O)N2CCSC2)c1. The van der Waals surface area contributed by atoms with E-state index in [4.69, 9.17) is 0 Å². The van der Waals surface area contributed by atoms with Gasteiger partial charge in [0.25, 0.3) is 0 Å². The van der Waals surface area contributed by atoms with Crippen molar-refractivity contribution in [3.63, 3.8) is 0 Å². The molecule has 1 aromatic rings. The van der Waals surface area contributed by atoms with E-state index in [1.54, 1.807) is 11.8 Å². The fraction of sp³-hybridized carbons (Fsp3) is 0.417. The fourth-order valence-electron chi connectivity index (χ4n) is 1.82. The maximum absolute atomic E-state index is 11.8. The largest absolute Gasteiger partial charge is 0.322 e. The first kappa shape index (κ1) is 11.3. The minimum absolute atomic E-state index is 0.00926. The van der Waals surface area contributed by atoms with Crippen molar-refractivity contribution in [3.05, 3.63) is 29.3 Å². The molecular formula is C12H16N2OS. The number of carbonyl (C=O) groups is 1. The quantitative estimate of drug-likeness (QED) is 0.813. The Morgan fingerprint density at radius 1 is 1.31 bits per heavy atom. The van der Waals surface area contributed by atoms with Gasteiger partial charge in [-0.25, -0.2) is 4.79 Å². The zero-order valence-electron chi connectivity index (χ0n) is 9.62. The van der Waals surface area contributed by atoms with Gasteiger partial charge >= 0.3 is 6.03 Å². The van der Waals surface area contributed by atoms with E-state index >= 15 is 0 Å². The van der Waals surface area contributed by atoms with E-state index in [1.807, 2.05) is 30.9 Å². The third-order valence-electron chi connectivity index (χ3n) is 2.51. The predicted octanol–water partition coefficient (Wildman–Crippen LogP) is 2.84. The van der Waals surface area contributed by atoms with Gasteiger partial charge < -0.3 is 10.2 Å². The van der Waals surface area contributed by atoms with Gasteiger partial charge in [0.1, 0.15) is 0 Å². The molecule has 1 fully saturated rings. The molecule has 1 aliphatic rings. The second-order valence-electron chi connectivity index (χ2n) is 4.11. The Hall–Kier alpha value is -1.16. The van der Waals surface area contributed by atoms with Gasteiger partial charge in [0, 0.05) is 18.0 Å². The van der Waals surface area contributed by atoms with E-state index in [0.717, 1.165) is 23.9 Å². The average Bonchev–Trinajstić information content (AvgIpc) is 2.68. The second kappa shape index (κ2) is 4.78. The Morgan fingerprint density at radius 3 is 2.56 bits per heavy atom. The molecule has 16 heavy (non-hydrogen) atoms. The normalized spacial score (nSPS) is 15.2. The highest BCUT2D eigenvalue weighted by Crippen LogP contribution is 2.17. The fourth-order valence-corrected chi connectivity index (χ4v) is 2.77. The number of thioether (sulfide) groups is 1. The Morgan fingerprint density at radius 2 is 2.00 bits per heavy atom. The number of urea groups is 1. The van der Waals surface area contributed by atoms with Gasteiger partial charge in [0.05, 0.1) is 5.88 Å². The smallest absolute Gasteiger partial charge is 0.314 e. The highest BCUT2D eigenvalue weighted by molar-refractivity contribution is 7.99. The molecule has 0 atom stereocenters. The third kappa shape index (κ3) is 2.70. The van der Waals surface area contributed by atoms with Gasteiger partial charge in [-0.2, -0.15) is 0 Å². The van der Waals surface area contributed by atoms with Crippen LogP contribution in [0.2, 0.25) is 0 Å². The predicted molar refractivity (Wildman–Crippen MR) is 69.0 cm³/mol. The number of rotatable bonds is 1. The van der Waals surface area contributed by atoms with E-state index in [1.165, 1.54) is 11.1 Å². The van der Waals surface area contributed by atoms with E-state index < -0.39 is 0 Å². The van der Waals surface area contributed by atoms with Crippen LogP contribution >= 0.6 is 11.8 Å². The zero-order valence-corrected chi connectivity index (χ0v) is 10.4. The highest BCUT2D eigenvalue weighted by atomic mass is 32.2. The topological polar surface area (TPSA) is 32.3 Å². The molecule has 4 heteroatoms. The lowest BCUT2D eigenvalue weighted by Gasteiger charge is -2.16. The molecule has 3 nitrogen and oxygen atoms in total. The van der Waals surface area contributed by atoms with Gasteiger partial charge in [0.15, 0.2) is 0 Å². The lowest BCUT2D eigenvalue weighted by molar-refractivity contribution is 0.225. The van der Waals surface area contributed by atoms with Crippen molar-refractivity contribution in [2.75, 3.05) is 23.5 Å². The standard InChI is InChI=1S/C12H16N2OS/c1-9-5-10(2)7-11(6-9)13-12(15)14-3-4-16-8-14/h5-7H,3-4,8H2,1-2H3,(H,13,15). The van der Waals surface area contributed by atoms with E-state index in [-0.39, 0.29) is 6.03 Å². The molecule has 0 spiro atoms. The number of benzene rings is 1. The van der Waals surface area contributed by atoms with Crippen LogP contribution in [0.4, 0.5) is 10.5 Å². The van der Waals surface area contributed by atoms with E-state index in [0.29, 0.717) is 0 Å². The Balaban J connectivity index is 2.05. The van der Waals surface area contributed by atoms with Gasteiger partial charge in [-0.3, -0.25) is 0 Å². The average molecular weight is 236 g/mol. The maximum Gasteiger partial charge on any atom is 0.322 e. The van der Waals surface area contributed by atoms with Gasteiger partial charge in [-0.1, -0.05) is 6.07 Å².